The van der Waals surface area contributed by atoms with Crippen LogP contribution in [0.1, 0.15) is 32.1 Å². The van der Waals surface area contributed by atoms with E-state index < -0.39 is 16.3 Å². The Morgan fingerprint density at radius 3 is 2.71 bits per heavy atom. The van der Waals surface area contributed by atoms with Gasteiger partial charge in [0.05, 0.1) is 15.4 Å². The van der Waals surface area contributed by atoms with Gasteiger partial charge in [0, 0.05) is 18.8 Å². The van der Waals surface area contributed by atoms with E-state index in [1.165, 1.54) is 12.3 Å². The summed E-state index contributed by atoms with van der Waals surface area (Å²) in [6.45, 7) is 0.123. The average Bonchev–Trinajstić information content (AvgIpc) is 2.46. The highest BCUT2D eigenvalue weighted by atomic mass is 35.5. The first kappa shape index (κ1) is 15.5. The van der Waals surface area contributed by atoms with Crippen molar-refractivity contribution >= 4 is 29.1 Å². The van der Waals surface area contributed by atoms with Crippen molar-refractivity contribution in [1.29, 1.82) is 0 Å². The third kappa shape index (κ3) is 3.41. The molecular weight excluding hydrogens is 298 g/mol. The van der Waals surface area contributed by atoms with E-state index in [0.717, 1.165) is 19.3 Å². The summed E-state index contributed by atoms with van der Waals surface area (Å²) >= 11 is 5.70. The molecule has 1 heterocycles. The molecule has 0 radical (unpaired) electrons. The highest BCUT2D eigenvalue weighted by Gasteiger charge is 2.39. The van der Waals surface area contributed by atoms with Crippen LogP contribution in [0.2, 0.25) is 5.02 Å². The molecule has 114 valence electrons. The van der Waals surface area contributed by atoms with E-state index in [-0.39, 0.29) is 23.1 Å². The van der Waals surface area contributed by atoms with E-state index >= 15 is 0 Å². The van der Waals surface area contributed by atoms with Crippen molar-refractivity contribution < 1.29 is 14.8 Å². The maximum absolute atomic E-state index is 11.6. The Morgan fingerprint density at radius 2 is 2.14 bits per heavy atom. The third-order valence-electron chi connectivity index (χ3n) is 3.89. The van der Waals surface area contributed by atoms with Gasteiger partial charge in [-0.3, -0.25) is 14.9 Å². The van der Waals surface area contributed by atoms with Gasteiger partial charge in [0.1, 0.15) is 0 Å². The van der Waals surface area contributed by atoms with Crippen LogP contribution in [0.4, 0.5) is 11.5 Å². The van der Waals surface area contributed by atoms with Gasteiger partial charge in [-0.15, -0.1) is 0 Å². The summed E-state index contributed by atoms with van der Waals surface area (Å²) < 4.78 is 0. The fourth-order valence-corrected chi connectivity index (χ4v) is 2.80. The maximum atomic E-state index is 11.6. The minimum absolute atomic E-state index is 0.0515. The molecule has 1 aliphatic rings. The summed E-state index contributed by atoms with van der Waals surface area (Å²) in [4.78, 5) is 25.9. The molecule has 0 aromatic carbocycles. The number of hydrogen-bond acceptors (Lipinski definition) is 5. The van der Waals surface area contributed by atoms with Crippen LogP contribution in [0.25, 0.3) is 0 Å². The second-order valence-electron chi connectivity index (χ2n) is 5.28. The molecule has 0 spiro atoms. The zero-order valence-electron chi connectivity index (χ0n) is 11.3. The Labute approximate surface area is 126 Å². The number of nitrogens with one attached hydrogen (secondary N) is 1. The van der Waals surface area contributed by atoms with Crippen LogP contribution in [0.3, 0.4) is 0 Å². The molecule has 7 nitrogen and oxygen atoms in total. The van der Waals surface area contributed by atoms with Crippen molar-refractivity contribution in [2.45, 2.75) is 32.1 Å². The Balaban J connectivity index is 2.18. The van der Waals surface area contributed by atoms with Gasteiger partial charge < -0.3 is 10.4 Å². The Bertz CT molecular complexity index is 558. The molecule has 0 aliphatic heterocycles. The van der Waals surface area contributed by atoms with Crippen LogP contribution >= 0.6 is 11.6 Å². The van der Waals surface area contributed by atoms with Crippen molar-refractivity contribution in [2.24, 2.45) is 5.41 Å². The lowest BCUT2D eigenvalue weighted by Gasteiger charge is -2.33. The van der Waals surface area contributed by atoms with Gasteiger partial charge in [-0.25, -0.2) is 4.98 Å². The molecule has 1 saturated carbocycles. The van der Waals surface area contributed by atoms with Crippen LogP contribution in [-0.4, -0.2) is 27.5 Å². The quantitative estimate of drug-likeness (QED) is 0.639. The fraction of sp³-hybridized carbons (Fsp3) is 0.538. The van der Waals surface area contributed by atoms with Gasteiger partial charge in [-0.2, -0.15) is 0 Å². The first-order chi connectivity index (χ1) is 9.94. The normalized spacial score (nSPS) is 17.2. The molecule has 0 unspecified atom stereocenters. The fourth-order valence-electron chi connectivity index (χ4n) is 2.65. The summed E-state index contributed by atoms with van der Waals surface area (Å²) in [5.74, 6) is -0.818. The van der Waals surface area contributed by atoms with Crippen molar-refractivity contribution in [2.75, 3.05) is 11.9 Å². The lowest BCUT2D eigenvalue weighted by atomic mass is 9.74. The summed E-state index contributed by atoms with van der Waals surface area (Å²) in [5, 5.41) is 23.4. The van der Waals surface area contributed by atoms with E-state index in [1.54, 1.807) is 0 Å². The lowest BCUT2D eigenvalue weighted by molar-refractivity contribution is -0.384. The summed E-state index contributed by atoms with van der Waals surface area (Å²) in [6, 6.07) is 1.20. The van der Waals surface area contributed by atoms with Crippen LogP contribution in [0.15, 0.2) is 12.3 Å². The Kier molecular flexibility index (Phi) is 4.62. The number of hydrogen-bond donors (Lipinski definition) is 2. The number of anilines is 1. The van der Waals surface area contributed by atoms with Crippen molar-refractivity contribution in [3.05, 3.63) is 27.4 Å². The van der Waals surface area contributed by atoms with Crippen molar-refractivity contribution in [1.82, 2.24) is 4.98 Å². The second kappa shape index (κ2) is 6.26. The van der Waals surface area contributed by atoms with Gasteiger partial charge in [-0.05, 0) is 12.8 Å². The first-order valence-electron chi connectivity index (χ1n) is 6.72. The van der Waals surface area contributed by atoms with E-state index in [0.29, 0.717) is 12.8 Å². The van der Waals surface area contributed by atoms with Gasteiger partial charge in [-0.1, -0.05) is 30.9 Å². The van der Waals surface area contributed by atoms with Gasteiger partial charge in [0.15, 0.2) is 0 Å². The molecule has 8 heteroatoms. The number of carbonyl (C=O) groups is 1. The molecule has 21 heavy (non-hydrogen) atoms. The molecule has 2 rings (SSSR count). The number of aliphatic carboxylic acids is 1. The summed E-state index contributed by atoms with van der Waals surface area (Å²) in [7, 11) is 0. The van der Waals surface area contributed by atoms with Crippen LogP contribution < -0.4 is 5.32 Å². The number of nitro groups is 1. The topological polar surface area (TPSA) is 105 Å². The lowest BCUT2D eigenvalue weighted by Crippen LogP contribution is -2.39. The molecule has 2 N–H and O–H groups in total. The van der Waals surface area contributed by atoms with Crippen LogP contribution in [0.5, 0.6) is 0 Å². The number of halogens is 1. The Morgan fingerprint density at radius 1 is 1.48 bits per heavy atom. The number of carboxylic acids is 1. The average molecular weight is 314 g/mol. The molecule has 0 saturated heterocycles. The van der Waals surface area contributed by atoms with E-state index in [4.69, 9.17) is 11.6 Å². The number of nitrogens with zero attached hydrogens (tertiary/aromatic N) is 2. The van der Waals surface area contributed by atoms with Gasteiger partial charge >= 0.3 is 11.7 Å². The SMILES string of the molecule is O=C(O)C1(CNc2ncc(Cl)cc2[N+](=O)[O-])CCCCC1. The Hall–Kier alpha value is -1.89. The standard InChI is InChI=1S/C13H16ClN3O4/c14-9-6-10(17(20)21)11(15-7-9)16-8-13(12(18)19)4-2-1-3-5-13/h6-7H,1-5,8H2,(H,15,16)(H,18,19). The predicted molar refractivity (Wildman–Crippen MR) is 77.5 cm³/mol. The minimum atomic E-state index is -0.882. The maximum Gasteiger partial charge on any atom is 0.312 e. The van der Waals surface area contributed by atoms with E-state index in [9.17, 15) is 20.0 Å². The molecule has 1 aromatic rings. The smallest absolute Gasteiger partial charge is 0.312 e. The summed E-state index contributed by atoms with van der Waals surface area (Å²) in [6.07, 6.45) is 5.15. The summed E-state index contributed by atoms with van der Waals surface area (Å²) in [5.41, 5.74) is -1.13. The highest BCUT2D eigenvalue weighted by molar-refractivity contribution is 6.30. The van der Waals surface area contributed by atoms with Gasteiger partial charge in [0.2, 0.25) is 5.82 Å². The molecule has 1 aliphatic carbocycles. The van der Waals surface area contributed by atoms with E-state index in [1.807, 2.05) is 0 Å². The molecule has 0 atom stereocenters. The monoisotopic (exact) mass is 313 g/mol. The second-order valence-corrected chi connectivity index (χ2v) is 5.71. The van der Waals surface area contributed by atoms with E-state index in [2.05, 4.69) is 10.3 Å². The van der Waals surface area contributed by atoms with Crippen LogP contribution in [0, 0.1) is 15.5 Å². The number of carboxylic acid groups (broad SMARTS) is 1. The molecular formula is C13H16ClN3O4. The molecule has 0 bridgehead atoms. The number of pyridine rings is 1. The predicted octanol–water partition coefficient (Wildman–Crippen LogP) is 3.09. The van der Waals surface area contributed by atoms with Gasteiger partial charge in [0.25, 0.3) is 0 Å². The zero-order chi connectivity index (χ0) is 15.5. The molecule has 0 amide bonds. The minimum Gasteiger partial charge on any atom is -0.481 e. The zero-order valence-corrected chi connectivity index (χ0v) is 12.1. The molecule has 1 aromatic heterocycles. The van der Waals surface area contributed by atoms with Crippen molar-refractivity contribution in [3.63, 3.8) is 0 Å². The number of rotatable bonds is 5. The largest absolute Gasteiger partial charge is 0.481 e. The first-order valence-corrected chi connectivity index (χ1v) is 7.10. The highest BCUT2D eigenvalue weighted by Crippen LogP contribution is 2.37. The van der Waals surface area contributed by atoms with Crippen molar-refractivity contribution in [3.8, 4) is 0 Å². The molecule has 1 fully saturated rings. The third-order valence-corrected chi connectivity index (χ3v) is 4.10. The number of aromatic nitrogens is 1. The van der Waals surface area contributed by atoms with Crippen LogP contribution in [-0.2, 0) is 4.79 Å².